The molecule has 0 spiro atoms. The van der Waals surface area contributed by atoms with E-state index in [9.17, 15) is 14.4 Å². The number of aromatic nitrogens is 2. The van der Waals surface area contributed by atoms with Crippen molar-refractivity contribution in [1.29, 1.82) is 0 Å². The zero-order chi connectivity index (χ0) is 24.5. The fourth-order valence-corrected chi connectivity index (χ4v) is 2.92. The summed E-state index contributed by atoms with van der Waals surface area (Å²) in [6.07, 6.45) is -1.12. The zero-order valence-corrected chi connectivity index (χ0v) is 19.0. The Balaban J connectivity index is 1.59. The number of amides is 1. The molecule has 0 fully saturated rings. The van der Waals surface area contributed by atoms with Crippen LogP contribution in [-0.4, -0.2) is 48.6 Å². The predicted molar refractivity (Wildman–Crippen MR) is 123 cm³/mol. The summed E-state index contributed by atoms with van der Waals surface area (Å²) in [5.74, 6) is 0.210. The lowest BCUT2D eigenvalue weighted by molar-refractivity contribution is -0.123. The molecule has 0 saturated carbocycles. The van der Waals surface area contributed by atoms with Gasteiger partial charge in [-0.25, -0.2) is 9.48 Å². The molecular weight excluding hydrogens is 442 g/mol. The summed E-state index contributed by atoms with van der Waals surface area (Å²) < 4.78 is 22.3. The molecule has 0 saturated heterocycles. The molecule has 0 aliphatic rings. The molecule has 1 aromatic heterocycles. The first-order valence-electron chi connectivity index (χ1n) is 10.4. The molecule has 1 atom stereocenters. The van der Waals surface area contributed by atoms with Gasteiger partial charge in [0.25, 0.3) is 11.5 Å². The molecule has 3 rings (SSSR count). The van der Waals surface area contributed by atoms with E-state index in [0.29, 0.717) is 22.9 Å². The number of ether oxygens (including phenoxy) is 4. The van der Waals surface area contributed by atoms with Crippen molar-refractivity contribution in [2.75, 3.05) is 26.1 Å². The lowest BCUT2D eigenvalue weighted by atomic mass is 10.2. The maximum absolute atomic E-state index is 12.5. The smallest absolute Gasteiger partial charge is 0.359 e. The van der Waals surface area contributed by atoms with Gasteiger partial charge in [0.05, 0.1) is 20.8 Å². The van der Waals surface area contributed by atoms with Crippen molar-refractivity contribution in [2.24, 2.45) is 0 Å². The van der Waals surface area contributed by atoms with Crippen LogP contribution in [0.5, 0.6) is 17.2 Å². The van der Waals surface area contributed by atoms with E-state index in [1.54, 1.807) is 30.3 Å². The van der Waals surface area contributed by atoms with Gasteiger partial charge in [0.15, 0.2) is 23.3 Å². The summed E-state index contributed by atoms with van der Waals surface area (Å²) in [6, 6.07) is 16.4. The second-order valence-corrected chi connectivity index (χ2v) is 7.05. The molecule has 2 aromatic carbocycles. The molecule has 34 heavy (non-hydrogen) atoms. The Kier molecular flexibility index (Phi) is 8.22. The van der Waals surface area contributed by atoms with Crippen LogP contribution in [0, 0.1) is 0 Å². The van der Waals surface area contributed by atoms with Crippen molar-refractivity contribution in [3.63, 3.8) is 0 Å². The molecule has 1 heterocycles. The number of rotatable bonds is 10. The minimum atomic E-state index is -1.12. The summed E-state index contributed by atoms with van der Waals surface area (Å²) in [6.45, 7) is 1.74. The lowest BCUT2D eigenvalue weighted by Crippen LogP contribution is -2.32. The van der Waals surface area contributed by atoms with Gasteiger partial charge in [-0.2, -0.15) is 5.10 Å². The number of carbonyl (C=O) groups is 2. The van der Waals surface area contributed by atoms with Crippen molar-refractivity contribution in [1.82, 2.24) is 9.78 Å². The molecule has 0 aliphatic heterocycles. The molecular formula is C24H25N3O7. The minimum Gasteiger partial charge on any atom is -0.493 e. The summed E-state index contributed by atoms with van der Waals surface area (Å²) in [4.78, 5) is 37.1. The Morgan fingerprint density at radius 2 is 1.74 bits per heavy atom. The fraction of sp³-hybridized carbons (Fsp3) is 0.250. The number of methoxy groups -OCH3 is 2. The molecule has 1 amide bonds. The third-order valence-electron chi connectivity index (χ3n) is 4.69. The molecule has 0 bridgehead atoms. The van der Waals surface area contributed by atoms with Crippen LogP contribution in [0.25, 0.3) is 0 Å². The highest BCUT2D eigenvalue weighted by Gasteiger charge is 2.21. The van der Waals surface area contributed by atoms with Gasteiger partial charge in [0, 0.05) is 17.8 Å². The molecule has 10 heteroatoms. The van der Waals surface area contributed by atoms with Crippen molar-refractivity contribution in [3.8, 4) is 17.2 Å². The number of hydrogen-bond donors (Lipinski definition) is 1. The van der Waals surface area contributed by atoms with Crippen LogP contribution < -0.4 is 25.1 Å². The largest absolute Gasteiger partial charge is 0.493 e. The van der Waals surface area contributed by atoms with Crippen molar-refractivity contribution >= 4 is 17.6 Å². The third kappa shape index (κ3) is 6.35. The first kappa shape index (κ1) is 24.3. The first-order chi connectivity index (χ1) is 16.4. The van der Waals surface area contributed by atoms with Gasteiger partial charge in [-0.1, -0.05) is 18.2 Å². The van der Waals surface area contributed by atoms with Crippen LogP contribution in [0.3, 0.4) is 0 Å². The molecule has 1 N–H and O–H groups in total. The molecule has 3 aromatic rings. The topological polar surface area (TPSA) is 118 Å². The molecule has 0 aliphatic carbocycles. The van der Waals surface area contributed by atoms with Gasteiger partial charge in [-0.3, -0.25) is 9.59 Å². The van der Waals surface area contributed by atoms with E-state index in [1.807, 2.05) is 18.2 Å². The maximum atomic E-state index is 12.5. The number of para-hydroxylation sites is 1. The van der Waals surface area contributed by atoms with E-state index in [0.717, 1.165) is 4.68 Å². The molecule has 0 radical (unpaired) electrons. The van der Waals surface area contributed by atoms with E-state index in [1.165, 1.54) is 33.3 Å². The quantitative estimate of drug-likeness (QED) is 0.452. The van der Waals surface area contributed by atoms with E-state index in [-0.39, 0.29) is 18.8 Å². The van der Waals surface area contributed by atoms with E-state index in [4.69, 9.17) is 18.9 Å². The average molecular weight is 467 g/mol. The van der Waals surface area contributed by atoms with Crippen LogP contribution in [-0.2, 0) is 16.1 Å². The summed E-state index contributed by atoms with van der Waals surface area (Å²) in [5.41, 5.74) is -0.0619. The van der Waals surface area contributed by atoms with Gasteiger partial charge in [0.2, 0.25) is 0 Å². The second-order valence-electron chi connectivity index (χ2n) is 7.05. The van der Waals surface area contributed by atoms with Crippen LogP contribution in [0.1, 0.15) is 17.4 Å². The third-order valence-corrected chi connectivity index (χ3v) is 4.69. The normalized spacial score (nSPS) is 11.3. The number of carbonyl (C=O) groups excluding carboxylic acids is 2. The van der Waals surface area contributed by atoms with Crippen molar-refractivity contribution < 1.29 is 28.5 Å². The second kappa shape index (κ2) is 11.5. The number of nitrogens with zero attached hydrogens (tertiary/aromatic N) is 2. The SMILES string of the molecule is COc1ccc(NC(=O)C(C)OC(=O)c2ccc(=O)n(CCOc3ccccc3)n2)cc1OC. The maximum Gasteiger partial charge on any atom is 0.359 e. The standard InChI is InChI=1S/C24H25N3O7/c1-16(23(29)25-17-9-11-20(31-2)21(15-17)32-3)34-24(30)19-10-12-22(28)27(26-19)13-14-33-18-7-5-4-6-8-18/h4-12,15-16H,13-14H2,1-3H3,(H,25,29). The monoisotopic (exact) mass is 467 g/mol. The highest BCUT2D eigenvalue weighted by Crippen LogP contribution is 2.29. The van der Waals surface area contributed by atoms with Gasteiger partial charge < -0.3 is 24.3 Å². The number of esters is 1. The van der Waals surface area contributed by atoms with Crippen LogP contribution in [0.4, 0.5) is 5.69 Å². The number of benzene rings is 2. The molecule has 10 nitrogen and oxygen atoms in total. The Hall–Kier alpha value is -4.34. The van der Waals surface area contributed by atoms with E-state index < -0.39 is 23.5 Å². The Bertz CT molecular complexity index is 1190. The lowest BCUT2D eigenvalue weighted by Gasteiger charge is -2.15. The van der Waals surface area contributed by atoms with Crippen LogP contribution in [0.2, 0.25) is 0 Å². The van der Waals surface area contributed by atoms with Gasteiger partial charge in [-0.05, 0) is 37.3 Å². The number of anilines is 1. The van der Waals surface area contributed by atoms with Crippen molar-refractivity contribution in [3.05, 3.63) is 76.7 Å². The zero-order valence-electron chi connectivity index (χ0n) is 19.0. The van der Waals surface area contributed by atoms with E-state index in [2.05, 4.69) is 10.4 Å². The summed E-state index contributed by atoms with van der Waals surface area (Å²) in [5, 5.41) is 6.67. The summed E-state index contributed by atoms with van der Waals surface area (Å²) in [7, 11) is 2.99. The van der Waals surface area contributed by atoms with Gasteiger partial charge in [0.1, 0.15) is 12.4 Å². The number of hydrogen-bond acceptors (Lipinski definition) is 8. The minimum absolute atomic E-state index is 0.106. The highest BCUT2D eigenvalue weighted by molar-refractivity contribution is 5.97. The number of nitrogens with one attached hydrogen (secondary N) is 1. The van der Waals surface area contributed by atoms with Crippen LogP contribution in [0.15, 0.2) is 65.5 Å². The highest BCUT2D eigenvalue weighted by atomic mass is 16.5. The molecule has 178 valence electrons. The Labute approximate surface area is 196 Å². The van der Waals surface area contributed by atoms with Crippen molar-refractivity contribution in [2.45, 2.75) is 19.6 Å². The Morgan fingerprint density at radius 3 is 2.44 bits per heavy atom. The van der Waals surface area contributed by atoms with Crippen LogP contribution >= 0.6 is 0 Å². The predicted octanol–water partition coefficient (Wildman–Crippen LogP) is 2.52. The molecule has 1 unspecified atom stereocenters. The summed E-state index contributed by atoms with van der Waals surface area (Å²) >= 11 is 0. The average Bonchev–Trinajstić information content (AvgIpc) is 2.85. The first-order valence-corrected chi connectivity index (χ1v) is 10.4. The van der Waals surface area contributed by atoms with E-state index >= 15 is 0 Å². The Morgan fingerprint density at radius 1 is 1.00 bits per heavy atom. The fourth-order valence-electron chi connectivity index (χ4n) is 2.92. The van der Waals surface area contributed by atoms with Gasteiger partial charge >= 0.3 is 5.97 Å². The van der Waals surface area contributed by atoms with Gasteiger partial charge in [-0.15, -0.1) is 0 Å².